The molecular weight excluding hydrogens is 572 g/mol. The van der Waals surface area contributed by atoms with Crippen LogP contribution in [0.15, 0.2) is 48.5 Å². The van der Waals surface area contributed by atoms with E-state index in [1.54, 1.807) is 0 Å². The summed E-state index contributed by atoms with van der Waals surface area (Å²) in [5.41, 5.74) is 5.51. The number of ether oxygens (including phenoxy) is 1. The van der Waals surface area contributed by atoms with Crippen molar-refractivity contribution < 1.29 is 19.5 Å². The van der Waals surface area contributed by atoms with Crippen LogP contribution < -0.4 is 0 Å². The van der Waals surface area contributed by atoms with E-state index < -0.39 is 0 Å². The van der Waals surface area contributed by atoms with Gasteiger partial charge in [0.25, 0.3) is 0 Å². The number of benzene rings is 2. The number of hydrogen-bond acceptors (Lipinski definition) is 5. The molecule has 2 aromatic carbocycles. The third-order valence-corrected chi connectivity index (χ3v) is 15.3. The number of aliphatic hydroxyl groups excluding tert-OH is 1. The topological polar surface area (TPSA) is 62.2 Å². The van der Waals surface area contributed by atoms with Crippen LogP contribution in [0.2, 0.25) is 0 Å². The van der Waals surface area contributed by atoms with Gasteiger partial charge in [0.05, 0.1) is 18.8 Å². The number of hydroxylamine groups is 2. The van der Waals surface area contributed by atoms with Crippen molar-refractivity contribution in [2.75, 3.05) is 19.7 Å². The second-order valence-electron chi connectivity index (χ2n) is 17.2. The average molecular weight is 625 g/mol. The highest BCUT2D eigenvalue weighted by atomic mass is 16.7. The van der Waals surface area contributed by atoms with Crippen LogP contribution in [0.25, 0.3) is 11.1 Å². The molecule has 246 valence electrons. The number of rotatable bonds is 4. The highest BCUT2D eigenvalue weighted by Crippen LogP contribution is 2.72. The number of hydrogen-bond donors (Lipinski definition) is 1. The Morgan fingerprint density at radius 3 is 2.33 bits per heavy atom. The predicted molar refractivity (Wildman–Crippen MR) is 178 cm³/mol. The first kappa shape index (κ1) is 29.7. The normalized spacial score (nSPS) is 42.0. The Balaban J connectivity index is 0.875. The maximum atomic E-state index is 13.4. The Kier molecular flexibility index (Phi) is 6.65. The van der Waals surface area contributed by atoms with Gasteiger partial charge in [-0.1, -0.05) is 76.2 Å². The van der Waals surface area contributed by atoms with Gasteiger partial charge in [-0.25, -0.2) is 4.79 Å². The fourth-order valence-electron chi connectivity index (χ4n) is 12.9. The van der Waals surface area contributed by atoms with Crippen LogP contribution in [-0.4, -0.2) is 65.2 Å². The zero-order valence-corrected chi connectivity index (χ0v) is 28.2. The summed E-state index contributed by atoms with van der Waals surface area (Å²) in [5, 5.41) is 13.4. The van der Waals surface area contributed by atoms with Gasteiger partial charge in [-0.15, -0.1) is 0 Å². The molecule has 6 heteroatoms. The average Bonchev–Trinajstić information content (AvgIpc) is 3.72. The summed E-state index contributed by atoms with van der Waals surface area (Å²) in [7, 11) is 0. The van der Waals surface area contributed by atoms with Gasteiger partial charge in [0.2, 0.25) is 0 Å². The molecule has 0 radical (unpaired) electrons. The van der Waals surface area contributed by atoms with Gasteiger partial charge in [-0.2, -0.15) is 5.06 Å². The molecule has 1 amide bonds. The third kappa shape index (κ3) is 3.96. The summed E-state index contributed by atoms with van der Waals surface area (Å²) in [6.07, 6.45) is 8.98. The molecule has 0 spiro atoms. The molecule has 4 saturated carbocycles. The lowest BCUT2D eigenvalue weighted by molar-refractivity contribution is -0.387. The van der Waals surface area contributed by atoms with Crippen LogP contribution in [0.3, 0.4) is 0 Å². The Labute approximate surface area is 274 Å². The number of carbonyl (C=O) groups is 1. The minimum atomic E-state index is -0.219. The van der Waals surface area contributed by atoms with Crippen LogP contribution in [0, 0.1) is 39.9 Å². The van der Waals surface area contributed by atoms with Gasteiger partial charge in [0, 0.05) is 24.5 Å². The molecule has 3 unspecified atom stereocenters. The molecule has 7 aliphatic rings. The molecule has 6 fully saturated rings. The smallest absolute Gasteiger partial charge is 0.409 e. The summed E-state index contributed by atoms with van der Waals surface area (Å²) in [5.74, 6) is 2.87. The molecule has 2 saturated heterocycles. The fraction of sp³-hybridized carbons (Fsp3) is 0.675. The second-order valence-corrected chi connectivity index (χ2v) is 17.2. The van der Waals surface area contributed by atoms with E-state index in [0.29, 0.717) is 49.5 Å². The standard InChI is InChI=1S/C40H52N2O4/c1-38(2)33-15-13-29-31-14-16-36(43)39(31,3)19-17-32(29)40(33,4)35-21-34(38)42(35)46-24-18-20-41(22-24)37(44)45-23-30-27-11-7-5-9-25(27)26-10-6-8-12-28(26)30/h5-12,24,29-36,43H,13-23H2,1-4H3/t24-,29+,31+,32+,33?,34?,35?,36+,39+,40-/m1/s1. The van der Waals surface area contributed by atoms with E-state index in [9.17, 15) is 9.90 Å². The van der Waals surface area contributed by atoms with Crippen LogP contribution in [0.5, 0.6) is 0 Å². The Hall–Kier alpha value is -2.41. The van der Waals surface area contributed by atoms with Crippen molar-refractivity contribution in [3.8, 4) is 11.1 Å². The van der Waals surface area contributed by atoms with E-state index in [-0.39, 0.29) is 40.5 Å². The lowest BCUT2D eigenvalue weighted by Gasteiger charge is -2.75. The molecule has 2 heterocycles. The van der Waals surface area contributed by atoms with Gasteiger partial charge in [-0.3, -0.25) is 4.84 Å². The van der Waals surface area contributed by atoms with Crippen molar-refractivity contribution in [3.63, 3.8) is 0 Å². The largest absolute Gasteiger partial charge is 0.448 e. The number of piperidine rings is 1. The summed E-state index contributed by atoms with van der Waals surface area (Å²) in [6, 6.07) is 17.9. The fourth-order valence-corrected chi connectivity index (χ4v) is 12.9. The summed E-state index contributed by atoms with van der Waals surface area (Å²) in [6.45, 7) is 11.7. The van der Waals surface area contributed by atoms with Gasteiger partial charge in [0.1, 0.15) is 6.61 Å². The van der Waals surface area contributed by atoms with Crippen LogP contribution in [-0.2, 0) is 9.57 Å². The maximum Gasteiger partial charge on any atom is 0.409 e. The number of fused-ring (bicyclic) bond motifs is 11. The molecule has 9 rings (SSSR count). The first-order valence-electron chi connectivity index (χ1n) is 18.4. The van der Waals surface area contributed by atoms with Crippen molar-refractivity contribution in [1.82, 2.24) is 9.96 Å². The first-order valence-corrected chi connectivity index (χ1v) is 18.4. The van der Waals surface area contributed by atoms with E-state index in [0.717, 1.165) is 25.2 Å². The molecule has 46 heavy (non-hydrogen) atoms. The minimum absolute atomic E-state index is 0.0146. The van der Waals surface area contributed by atoms with Crippen molar-refractivity contribution >= 4 is 6.09 Å². The van der Waals surface area contributed by atoms with Crippen molar-refractivity contribution in [1.29, 1.82) is 0 Å². The quantitative estimate of drug-likeness (QED) is 0.379. The highest BCUT2D eigenvalue weighted by Gasteiger charge is 2.72. The van der Waals surface area contributed by atoms with Gasteiger partial charge < -0.3 is 14.7 Å². The van der Waals surface area contributed by atoms with E-state index in [1.807, 2.05) is 4.90 Å². The number of aliphatic hydroxyl groups is 1. The summed E-state index contributed by atoms with van der Waals surface area (Å²) < 4.78 is 6.02. The minimum Gasteiger partial charge on any atom is -0.448 e. The number of likely N-dealkylation sites (tertiary alicyclic amines) is 1. The number of amides is 1. The van der Waals surface area contributed by atoms with Gasteiger partial charge in [-0.05, 0) is 114 Å². The van der Waals surface area contributed by atoms with Gasteiger partial charge >= 0.3 is 6.09 Å². The lowest BCUT2D eigenvalue weighted by Crippen LogP contribution is -2.78. The van der Waals surface area contributed by atoms with Crippen molar-refractivity contribution in [2.45, 2.75) is 109 Å². The molecule has 5 aliphatic carbocycles. The van der Waals surface area contributed by atoms with E-state index in [1.165, 1.54) is 54.4 Å². The third-order valence-electron chi connectivity index (χ3n) is 15.3. The Morgan fingerprint density at radius 2 is 1.59 bits per heavy atom. The molecule has 1 N–H and O–H groups in total. The zero-order chi connectivity index (χ0) is 31.6. The highest BCUT2D eigenvalue weighted by molar-refractivity contribution is 5.79. The molecule has 0 aromatic heterocycles. The van der Waals surface area contributed by atoms with Gasteiger partial charge in [0.15, 0.2) is 0 Å². The summed E-state index contributed by atoms with van der Waals surface area (Å²) in [4.78, 5) is 22.2. The van der Waals surface area contributed by atoms with E-state index in [2.05, 4.69) is 81.3 Å². The molecule has 10 atom stereocenters. The number of nitrogens with zero attached hydrogens (tertiary/aromatic N) is 2. The molecule has 2 aromatic rings. The maximum absolute atomic E-state index is 13.4. The summed E-state index contributed by atoms with van der Waals surface area (Å²) >= 11 is 0. The lowest BCUT2D eigenvalue weighted by atomic mass is 9.37. The van der Waals surface area contributed by atoms with Crippen LogP contribution in [0.1, 0.15) is 96.1 Å². The zero-order valence-electron chi connectivity index (χ0n) is 28.2. The Morgan fingerprint density at radius 1 is 0.870 bits per heavy atom. The SMILES string of the molecule is CC1(C)C2CC(N2O[C@@H]2CCN(C(=O)OCC3c4ccccc4-c4ccccc43)C2)[C@@]2(C)C1CC[C@@H]1[C@@H]2CC[C@]2(C)[C@@H](O)CC[C@@H]12. The predicted octanol–water partition coefficient (Wildman–Crippen LogP) is 7.64. The molecule has 2 bridgehead atoms. The van der Waals surface area contributed by atoms with E-state index >= 15 is 0 Å². The monoisotopic (exact) mass is 624 g/mol. The second kappa shape index (κ2) is 10.3. The van der Waals surface area contributed by atoms with Crippen molar-refractivity contribution in [3.05, 3.63) is 59.7 Å². The molecular formula is C40H52N2O4. The molecule has 2 aliphatic heterocycles. The molecule has 6 nitrogen and oxygen atoms in total. The first-order chi connectivity index (χ1) is 22.1. The van der Waals surface area contributed by atoms with Crippen molar-refractivity contribution in [2.24, 2.45) is 39.9 Å². The van der Waals surface area contributed by atoms with Crippen LogP contribution in [0.4, 0.5) is 4.79 Å². The van der Waals surface area contributed by atoms with Crippen LogP contribution >= 0.6 is 0 Å². The number of carbonyl (C=O) groups excluding carboxylic acids is 1. The van der Waals surface area contributed by atoms with E-state index in [4.69, 9.17) is 9.57 Å². The Bertz CT molecular complexity index is 1500.